The van der Waals surface area contributed by atoms with Crippen molar-refractivity contribution in [3.8, 4) is 22.6 Å². The van der Waals surface area contributed by atoms with Crippen LogP contribution in [0.1, 0.15) is 0 Å². The SMILES string of the molecule is c1ccc(Oc2c3ccccc3c(-c3ccccc3)c3ncccc23)cc1. The fourth-order valence-electron chi connectivity index (χ4n) is 3.57. The fraction of sp³-hybridized carbons (Fsp3) is 0. The second kappa shape index (κ2) is 6.58. The molecular formula is C25H17NO. The maximum Gasteiger partial charge on any atom is 0.144 e. The zero-order chi connectivity index (χ0) is 18.1. The monoisotopic (exact) mass is 347 g/mol. The number of hydrogen-bond acceptors (Lipinski definition) is 2. The second-order valence-electron chi connectivity index (χ2n) is 6.43. The van der Waals surface area contributed by atoms with Gasteiger partial charge in [0, 0.05) is 22.5 Å². The molecule has 0 fully saturated rings. The van der Waals surface area contributed by atoms with Crippen molar-refractivity contribution in [2.75, 3.05) is 0 Å². The molecule has 0 N–H and O–H groups in total. The summed E-state index contributed by atoms with van der Waals surface area (Å²) in [6.07, 6.45) is 1.84. The number of pyridine rings is 1. The van der Waals surface area contributed by atoms with Crippen LogP contribution in [-0.2, 0) is 0 Å². The molecule has 0 saturated heterocycles. The smallest absolute Gasteiger partial charge is 0.144 e. The molecular weight excluding hydrogens is 330 g/mol. The van der Waals surface area contributed by atoms with Gasteiger partial charge in [0.15, 0.2) is 0 Å². The predicted octanol–water partition coefficient (Wildman–Crippen LogP) is 6.85. The third-order valence-electron chi connectivity index (χ3n) is 4.76. The number of rotatable bonds is 3. The normalized spacial score (nSPS) is 11.0. The van der Waals surface area contributed by atoms with Crippen molar-refractivity contribution in [2.45, 2.75) is 0 Å². The van der Waals surface area contributed by atoms with Gasteiger partial charge in [0.25, 0.3) is 0 Å². The van der Waals surface area contributed by atoms with Crippen molar-refractivity contribution in [3.63, 3.8) is 0 Å². The van der Waals surface area contributed by atoms with E-state index in [-0.39, 0.29) is 0 Å². The van der Waals surface area contributed by atoms with Crippen LogP contribution in [0, 0.1) is 0 Å². The Morgan fingerprint density at radius 1 is 0.556 bits per heavy atom. The Labute approximate surface area is 157 Å². The molecule has 0 atom stereocenters. The Hall–Kier alpha value is -3.65. The lowest BCUT2D eigenvalue weighted by Gasteiger charge is -2.16. The van der Waals surface area contributed by atoms with E-state index >= 15 is 0 Å². The first-order valence-electron chi connectivity index (χ1n) is 8.99. The van der Waals surface area contributed by atoms with Crippen LogP contribution in [0.2, 0.25) is 0 Å². The van der Waals surface area contributed by atoms with Crippen molar-refractivity contribution in [1.29, 1.82) is 0 Å². The molecule has 2 heteroatoms. The first-order valence-corrected chi connectivity index (χ1v) is 8.99. The van der Waals surface area contributed by atoms with Crippen LogP contribution in [0.3, 0.4) is 0 Å². The predicted molar refractivity (Wildman–Crippen MR) is 111 cm³/mol. The van der Waals surface area contributed by atoms with Crippen molar-refractivity contribution in [1.82, 2.24) is 4.98 Å². The first-order chi connectivity index (χ1) is 13.4. The molecule has 0 spiro atoms. The maximum atomic E-state index is 6.36. The summed E-state index contributed by atoms with van der Waals surface area (Å²) in [7, 11) is 0. The van der Waals surface area contributed by atoms with E-state index in [1.54, 1.807) is 0 Å². The van der Waals surface area contributed by atoms with E-state index in [0.717, 1.165) is 44.3 Å². The van der Waals surface area contributed by atoms with Gasteiger partial charge in [-0.2, -0.15) is 0 Å². The Morgan fingerprint density at radius 3 is 1.96 bits per heavy atom. The number of nitrogens with zero attached hydrogens (tertiary/aromatic N) is 1. The molecule has 128 valence electrons. The molecule has 0 aliphatic heterocycles. The summed E-state index contributed by atoms with van der Waals surface area (Å²) in [5.41, 5.74) is 3.25. The third kappa shape index (κ3) is 2.72. The number of aromatic nitrogens is 1. The highest BCUT2D eigenvalue weighted by molar-refractivity contribution is 6.15. The highest BCUT2D eigenvalue weighted by atomic mass is 16.5. The molecule has 4 aromatic carbocycles. The molecule has 0 amide bonds. The van der Waals surface area contributed by atoms with Crippen molar-refractivity contribution in [2.24, 2.45) is 0 Å². The number of hydrogen-bond donors (Lipinski definition) is 0. The largest absolute Gasteiger partial charge is 0.456 e. The van der Waals surface area contributed by atoms with E-state index in [1.165, 1.54) is 0 Å². The molecule has 2 nitrogen and oxygen atoms in total. The molecule has 1 aromatic heterocycles. The summed E-state index contributed by atoms with van der Waals surface area (Å²) in [6.45, 7) is 0. The zero-order valence-corrected chi connectivity index (χ0v) is 14.7. The molecule has 5 aromatic rings. The van der Waals surface area contributed by atoms with Crippen LogP contribution in [0.4, 0.5) is 0 Å². The van der Waals surface area contributed by atoms with Gasteiger partial charge < -0.3 is 4.74 Å². The summed E-state index contributed by atoms with van der Waals surface area (Å²) < 4.78 is 6.36. The van der Waals surface area contributed by atoms with E-state index in [0.29, 0.717) is 0 Å². The van der Waals surface area contributed by atoms with Gasteiger partial charge in [-0.05, 0) is 35.2 Å². The third-order valence-corrected chi connectivity index (χ3v) is 4.76. The minimum absolute atomic E-state index is 0.820. The van der Waals surface area contributed by atoms with Crippen LogP contribution in [0.15, 0.2) is 103 Å². The summed E-state index contributed by atoms with van der Waals surface area (Å²) in [4.78, 5) is 4.73. The number of benzene rings is 4. The molecule has 5 rings (SSSR count). The lowest BCUT2D eigenvalue weighted by Crippen LogP contribution is -1.93. The fourth-order valence-corrected chi connectivity index (χ4v) is 3.57. The van der Waals surface area contributed by atoms with Crippen molar-refractivity contribution >= 4 is 21.7 Å². The highest BCUT2D eigenvalue weighted by Crippen LogP contribution is 2.43. The summed E-state index contributed by atoms with van der Waals surface area (Å²) in [5, 5.41) is 3.24. The van der Waals surface area contributed by atoms with Crippen LogP contribution < -0.4 is 4.74 Å². The van der Waals surface area contributed by atoms with Crippen LogP contribution >= 0.6 is 0 Å². The number of para-hydroxylation sites is 1. The highest BCUT2D eigenvalue weighted by Gasteiger charge is 2.17. The molecule has 0 unspecified atom stereocenters. The Kier molecular flexibility index (Phi) is 3.80. The van der Waals surface area contributed by atoms with Gasteiger partial charge in [-0.25, -0.2) is 0 Å². The van der Waals surface area contributed by atoms with Gasteiger partial charge in [-0.3, -0.25) is 4.98 Å². The molecule has 1 heterocycles. The van der Waals surface area contributed by atoms with E-state index in [4.69, 9.17) is 9.72 Å². The van der Waals surface area contributed by atoms with Gasteiger partial charge in [-0.1, -0.05) is 72.8 Å². The van der Waals surface area contributed by atoms with E-state index < -0.39 is 0 Å². The summed E-state index contributed by atoms with van der Waals surface area (Å²) in [5.74, 6) is 1.67. The standard InChI is InChI=1S/C25H17NO/c1-3-10-18(11-4-1)23-20-14-7-8-15-21(20)25(22-16-9-17-26-24(22)23)27-19-12-5-2-6-13-19/h1-17H. The van der Waals surface area contributed by atoms with Gasteiger partial charge >= 0.3 is 0 Å². The minimum atomic E-state index is 0.820. The zero-order valence-electron chi connectivity index (χ0n) is 14.7. The van der Waals surface area contributed by atoms with Crippen LogP contribution in [-0.4, -0.2) is 4.98 Å². The Bertz CT molecular complexity index is 1170. The topological polar surface area (TPSA) is 22.1 Å². The van der Waals surface area contributed by atoms with E-state index in [2.05, 4.69) is 54.6 Å². The molecule has 0 aliphatic carbocycles. The van der Waals surface area contributed by atoms with Crippen LogP contribution in [0.5, 0.6) is 11.5 Å². The van der Waals surface area contributed by atoms with Crippen LogP contribution in [0.25, 0.3) is 32.8 Å². The lowest BCUT2D eigenvalue weighted by atomic mass is 9.94. The lowest BCUT2D eigenvalue weighted by molar-refractivity contribution is 0.494. The maximum absolute atomic E-state index is 6.36. The Morgan fingerprint density at radius 2 is 1.19 bits per heavy atom. The van der Waals surface area contributed by atoms with E-state index in [1.807, 2.05) is 48.7 Å². The summed E-state index contributed by atoms with van der Waals surface area (Å²) >= 11 is 0. The van der Waals surface area contributed by atoms with Gasteiger partial charge in [0.05, 0.1) is 5.52 Å². The van der Waals surface area contributed by atoms with Crippen molar-refractivity contribution in [3.05, 3.63) is 103 Å². The first kappa shape index (κ1) is 15.6. The second-order valence-corrected chi connectivity index (χ2v) is 6.43. The molecule has 0 aliphatic rings. The van der Waals surface area contributed by atoms with Gasteiger partial charge in [0.2, 0.25) is 0 Å². The van der Waals surface area contributed by atoms with Gasteiger partial charge in [-0.15, -0.1) is 0 Å². The Balaban J connectivity index is 1.89. The van der Waals surface area contributed by atoms with Crippen molar-refractivity contribution < 1.29 is 4.74 Å². The van der Waals surface area contributed by atoms with E-state index in [9.17, 15) is 0 Å². The summed E-state index contributed by atoms with van der Waals surface area (Å²) in [6, 6.07) is 32.8. The number of ether oxygens (including phenoxy) is 1. The quantitative estimate of drug-likeness (QED) is 0.333. The van der Waals surface area contributed by atoms with Gasteiger partial charge in [0.1, 0.15) is 11.5 Å². The average Bonchev–Trinajstić information content (AvgIpc) is 2.75. The molecule has 27 heavy (non-hydrogen) atoms. The molecule has 0 saturated carbocycles. The average molecular weight is 347 g/mol. The number of fused-ring (bicyclic) bond motifs is 2. The molecule has 0 radical (unpaired) electrons. The minimum Gasteiger partial charge on any atom is -0.456 e. The molecule has 0 bridgehead atoms.